The Morgan fingerprint density at radius 1 is 1.06 bits per heavy atom. The molecule has 2 heterocycles. The van der Waals surface area contributed by atoms with E-state index in [9.17, 15) is 9.59 Å². The van der Waals surface area contributed by atoms with Gasteiger partial charge in [-0.15, -0.1) is 11.8 Å². The monoisotopic (exact) mass is 429 g/mol. The van der Waals surface area contributed by atoms with Crippen molar-refractivity contribution in [3.05, 3.63) is 95.3 Å². The number of carbonyl (C=O) groups is 2. The third-order valence-corrected chi connectivity index (χ3v) is 6.26. The molecule has 0 aliphatic carbocycles. The molecular formula is C26H23NO3S. The molecule has 2 aromatic heterocycles. The Balaban J connectivity index is 1.92. The summed E-state index contributed by atoms with van der Waals surface area (Å²) in [5.74, 6) is 0.366. The van der Waals surface area contributed by atoms with E-state index in [-0.39, 0.29) is 6.61 Å². The van der Waals surface area contributed by atoms with Crippen molar-refractivity contribution in [3.63, 3.8) is 0 Å². The quantitative estimate of drug-likeness (QED) is 0.199. The van der Waals surface area contributed by atoms with E-state index in [0.29, 0.717) is 22.3 Å². The topological polar surface area (TPSA) is 47.8 Å². The number of benzene rings is 2. The van der Waals surface area contributed by atoms with Gasteiger partial charge in [-0.1, -0.05) is 54.1 Å². The lowest BCUT2D eigenvalue weighted by Crippen LogP contribution is -2.06. The van der Waals surface area contributed by atoms with Crippen LogP contribution >= 0.6 is 11.8 Å². The smallest absolute Gasteiger partial charge is 0.340 e. The summed E-state index contributed by atoms with van der Waals surface area (Å²) in [5, 5.41) is 0. The van der Waals surface area contributed by atoms with Crippen LogP contribution in [0.1, 0.15) is 38.9 Å². The van der Waals surface area contributed by atoms with Gasteiger partial charge in [0, 0.05) is 22.4 Å². The van der Waals surface area contributed by atoms with Gasteiger partial charge in [0.1, 0.15) is 0 Å². The first-order valence-corrected chi connectivity index (χ1v) is 11.2. The minimum atomic E-state index is -0.421. The summed E-state index contributed by atoms with van der Waals surface area (Å²) in [4.78, 5) is 26.2. The van der Waals surface area contributed by atoms with Gasteiger partial charge in [0.25, 0.3) is 0 Å². The average molecular weight is 430 g/mol. The van der Waals surface area contributed by atoms with E-state index >= 15 is 0 Å². The van der Waals surface area contributed by atoms with E-state index in [1.54, 1.807) is 29.3 Å². The van der Waals surface area contributed by atoms with E-state index in [4.69, 9.17) is 4.74 Å². The molecule has 0 amide bonds. The number of carbonyl (C=O) groups excluding carboxylic acids is 2. The zero-order chi connectivity index (χ0) is 21.8. The Bertz CT molecular complexity index is 1240. The third-order valence-electron chi connectivity index (χ3n) is 5.11. The van der Waals surface area contributed by atoms with Gasteiger partial charge in [0.15, 0.2) is 6.29 Å². The van der Waals surface area contributed by atoms with Crippen LogP contribution in [-0.2, 0) is 10.5 Å². The van der Waals surface area contributed by atoms with E-state index in [1.165, 1.54) is 5.56 Å². The highest BCUT2D eigenvalue weighted by molar-refractivity contribution is 7.98. The molecule has 156 valence electrons. The summed E-state index contributed by atoms with van der Waals surface area (Å²) in [6.07, 6.45) is 2.62. The summed E-state index contributed by atoms with van der Waals surface area (Å²) >= 11 is 1.69. The molecule has 0 spiro atoms. The number of aryl methyl sites for hydroxylation is 1. The van der Waals surface area contributed by atoms with Crippen molar-refractivity contribution in [2.45, 2.75) is 24.5 Å². The van der Waals surface area contributed by atoms with Crippen LogP contribution in [0, 0.1) is 6.92 Å². The predicted molar refractivity (Wildman–Crippen MR) is 125 cm³/mol. The van der Waals surface area contributed by atoms with Crippen LogP contribution in [0.4, 0.5) is 0 Å². The van der Waals surface area contributed by atoms with E-state index in [0.717, 1.165) is 28.1 Å². The fourth-order valence-electron chi connectivity index (χ4n) is 3.73. The van der Waals surface area contributed by atoms with E-state index in [2.05, 4.69) is 24.3 Å². The standard InChI is InChI=1S/C26H23NO3S/c1-3-30-26(29)25-21-11-7-8-14-27(21)22(16-28)24(25)20-15-18(2)12-13-23(20)31-17-19-9-5-4-6-10-19/h4-16H,3,17H2,1-2H3. The summed E-state index contributed by atoms with van der Waals surface area (Å²) in [7, 11) is 0. The molecule has 0 N–H and O–H groups in total. The maximum absolute atomic E-state index is 13.0. The van der Waals surface area contributed by atoms with Crippen LogP contribution in [0.15, 0.2) is 77.8 Å². The first-order valence-electron chi connectivity index (χ1n) is 10.2. The Hall–Kier alpha value is -3.31. The maximum Gasteiger partial charge on any atom is 0.340 e. The number of hydrogen-bond acceptors (Lipinski definition) is 4. The summed E-state index contributed by atoms with van der Waals surface area (Å²) in [6, 6.07) is 21.9. The summed E-state index contributed by atoms with van der Waals surface area (Å²) in [5.41, 5.74) is 5.30. The number of rotatable bonds is 7. The molecule has 31 heavy (non-hydrogen) atoms. The first kappa shape index (κ1) is 20.9. The van der Waals surface area contributed by atoms with Crippen molar-refractivity contribution >= 4 is 29.5 Å². The van der Waals surface area contributed by atoms with Gasteiger partial charge in [-0.05, 0) is 43.2 Å². The Morgan fingerprint density at radius 3 is 2.58 bits per heavy atom. The highest BCUT2D eigenvalue weighted by Crippen LogP contribution is 2.40. The molecule has 0 aliphatic rings. The van der Waals surface area contributed by atoms with Gasteiger partial charge in [-0.3, -0.25) is 4.79 Å². The zero-order valence-electron chi connectivity index (χ0n) is 17.5. The average Bonchev–Trinajstić information content (AvgIpc) is 3.13. The number of thioether (sulfide) groups is 1. The Morgan fingerprint density at radius 2 is 1.84 bits per heavy atom. The largest absolute Gasteiger partial charge is 0.462 e. The molecule has 4 rings (SSSR count). The number of pyridine rings is 1. The van der Waals surface area contributed by atoms with Gasteiger partial charge in [0.2, 0.25) is 0 Å². The molecule has 4 nitrogen and oxygen atoms in total. The van der Waals surface area contributed by atoms with E-state index in [1.807, 2.05) is 49.4 Å². The van der Waals surface area contributed by atoms with Gasteiger partial charge in [-0.2, -0.15) is 0 Å². The minimum absolute atomic E-state index is 0.266. The van der Waals surface area contributed by atoms with Crippen LogP contribution in [0.5, 0.6) is 0 Å². The molecular weight excluding hydrogens is 406 g/mol. The van der Waals surface area contributed by atoms with Crippen LogP contribution in [0.2, 0.25) is 0 Å². The number of esters is 1. The normalized spacial score (nSPS) is 10.9. The Kier molecular flexibility index (Phi) is 6.23. The lowest BCUT2D eigenvalue weighted by molar-refractivity contribution is 0.0529. The molecule has 2 aromatic carbocycles. The molecule has 0 saturated carbocycles. The number of fused-ring (bicyclic) bond motifs is 1. The van der Waals surface area contributed by atoms with Gasteiger partial charge >= 0.3 is 5.97 Å². The SMILES string of the molecule is CCOC(=O)c1c(-c2cc(C)ccc2SCc2ccccc2)c(C=O)n2ccccc12. The molecule has 0 aliphatic heterocycles. The zero-order valence-corrected chi connectivity index (χ0v) is 18.3. The number of hydrogen-bond donors (Lipinski definition) is 0. The van der Waals surface area contributed by atoms with Crippen molar-refractivity contribution in [1.29, 1.82) is 0 Å². The van der Waals surface area contributed by atoms with Gasteiger partial charge in [-0.25, -0.2) is 4.79 Å². The fourth-order valence-corrected chi connectivity index (χ4v) is 4.73. The molecule has 0 fully saturated rings. The lowest BCUT2D eigenvalue weighted by Gasteiger charge is -2.12. The van der Waals surface area contributed by atoms with Crippen LogP contribution in [-0.4, -0.2) is 23.3 Å². The van der Waals surface area contributed by atoms with Crippen molar-refractivity contribution < 1.29 is 14.3 Å². The maximum atomic E-state index is 13.0. The summed E-state index contributed by atoms with van der Waals surface area (Å²) < 4.78 is 7.15. The van der Waals surface area contributed by atoms with Crippen molar-refractivity contribution in [3.8, 4) is 11.1 Å². The molecule has 0 unspecified atom stereocenters. The highest BCUT2D eigenvalue weighted by Gasteiger charge is 2.26. The van der Waals surface area contributed by atoms with E-state index < -0.39 is 5.97 Å². The second-order valence-electron chi connectivity index (χ2n) is 7.20. The molecule has 0 bridgehead atoms. The highest BCUT2D eigenvalue weighted by atomic mass is 32.2. The third kappa shape index (κ3) is 4.14. The molecule has 5 heteroatoms. The molecule has 0 saturated heterocycles. The molecule has 4 aromatic rings. The fraction of sp³-hybridized carbons (Fsp3) is 0.154. The van der Waals surface area contributed by atoms with Crippen LogP contribution in [0.25, 0.3) is 16.6 Å². The van der Waals surface area contributed by atoms with Crippen LogP contribution in [0.3, 0.4) is 0 Å². The second kappa shape index (κ2) is 9.23. The number of aromatic nitrogens is 1. The molecule has 0 radical (unpaired) electrons. The summed E-state index contributed by atoms with van der Waals surface area (Å²) in [6.45, 7) is 4.06. The number of aldehydes is 1. The minimum Gasteiger partial charge on any atom is -0.462 e. The van der Waals surface area contributed by atoms with Crippen LogP contribution < -0.4 is 0 Å². The Labute approximate surface area is 185 Å². The number of ether oxygens (including phenoxy) is 1. The first-order chi connectivity index (χ1) is 15.1. The second-order valence-corrected chi connectivity index (χ2v) is 8.22. The van der Waals surface area contributed by atoms with Crippen molar-refractivity contribution in [1.82, 2.24) is 4.40 Å². The van der Waals surface area contributed by atoms with Crippen molar-refractivity contribution in [2.24, 2.45) is 0 Å². The number of nitrogens with zero attached hydrogens (tertiary/aromatic N) is 1. The predicted octanol–water partition coefficient (Wildman–Crippen LogP) is 6.20. The van der Waals surface area contributed by atoms with Gasteiger partial charge in [0.05, 0.1) is 23.4 Å². The van der Waals surface area contributed by atoms with Crippen molar-refractivity contribution in [2.75, 3.05) is 6.61 Å². The van der Waals surface area contributed by atoms with Gasteiger partial charge < -0.3 is 9.14 Å². The lowest BCUT2D eigenvalue weighted by atomic mass is 9.99. The molecule has 0 atom stereocenters.